The van der Waals surface area contributed by atoms with E-state index in [1.165, 1.54) is 30.6 Å². The van der Waals surface area contributed by atoms with E-state index < -0.39 is 0 Å². The fourth-order valence-electron chi connectivity index (χ4n) is 2.90. The Morgan fingerprint density at radius 2 is 2.09 bits per heavy atom. The minimum absolute atomic E-state index is 0.541. The molecular formula is C17H29N5. The Morgan fingerprint density at radius 3 is 2.73 bits per heavy atom. The number of likely N-dealkylation sites (N-methyl/N-ethyl adjacent to an activating group) is 1. The Hall–Kier alpha value is -1.75. The molecule has 22 heavy (non-hydrogen) atoms. The maximum absolute atomic E-state index is 5.98. The Kier molecular flexibility index (Phi) is 6.07. The van der Waals surface area contributed by atoms with Gasteiger partial charge in [0.25, 0.3) is 0 Å². The van der Waals surface area contributed by atoms with Crippen LogP contribution in [0.2, 0.25) is 0 Å². The van der Waals surface area contributed by atoms with E-state index in [1.54, 1.807) is 0 Å². The molecule has 5 nitrogen and oxygen atoms in total. The summed E-state index contributed by atoms with van der Waals surface area (Å²) in [5.74, 6) is 0.541. The van der Waals surface area contributed by atoms with Gasteiger partial charge in [0.2, 0.25) is 0 Å². The molecule has 0 aliphatic carbocycles. The van der Waals surface area contributed by atoms with E-state index in [1.807, 2.05) is 14.1 Å². The van der Waals surface area contributed by atoms with Crippen molar-refractivity contribution in [2.24, 2.45) is 10.7 Å². The van der Waals surface area contributed by atoms with Gasteiger partial charge in [-0.1, -0.05) is 19.1 Å². The predicted molar refractivity (Wildman–Crippen MR) is 94.4 cm³/mol. The molecule has 0 aromatic heterocycles. The summed E-state index contributed by atoms with van der Waals surface area (Å²) in [5.41, 5.74) is 8.34. The Balaban J connectivity index is 1.79. The lowest BCUT2D eigenvalue weighted by molar-refractivity contribution is 0.267. The molecule has 5 heteroatoms. The molecule has 1 fully saturated rings. The first kappa shape index (κ1) is 16.6. The van der Waals surface area contributed by atoms with Crippen LogP contribution in [0.1, 0.15) is 25.3 Å². The highest BCUT2D eigenvalue weighted by Crippen LogP contribution is 2.15. The third kappa shape index (κ3) is 4.63. The largest absolute Gasteiger partial charge is 0.378 e. The SMILES string of the molecule is CCN1CCCC1CNC(N)=NCc1ccc(N(C)C)cc1. The average molecular weight is 303 g/mol. The summed E-state index contributed by atoms with van der Waals surface area (Å²) in [6, 6.07) is 9.00. The molecule has 1 atom stereocenters. The summed E-state index contributed by atoms with van der Waals surface area (Å²) in [7, 11) is 4.08. The molecule has 1 aliphatic heterocycles. The van der Waals surface area contributed by atoms with Crippen LogP contribution < -0.4 is 16.0 Å². The zero-order chi connectivity index (χ0) is 15.9. The summed E-state index contributed by atoms with van der Waals surface area (Å²) in [6.45, 7) is 6.05. The number of aliphatic imine (C=N–C) groups is 1. The number of guanidine groups is 1. The van der Waals surface area contributed by atoms with Crippen LogP contribution in [0.5, 0.6) is 0 Å². The lowest BCUT2D eigenvalue weighted by Crippen LogP contribution is -2.42. The van der Waals surface area contributed by atoms with E-state index >= 15 is 0 Å². The molecule has 1 heterocycles. The molecule has 0 bridgehead atoms. The van der Waals surface area contributed by atoms with Gasteiger partial charge in [0.1, 0.15) is 0 Å². The second-order valence-corrected chi connectivity index (χ2v) is 6.07. The minimum Gasteiger partial charge on any atom is -0.378 e. The van der Waals surface area contributed by atoms with Crippen LogP contribution in [0.15, 0.2) is 29.3 Å². The van der Waals surface area contributed by atoms with Gasteiger partial charge in [-0.3, -0.25) is 4.90 Å². The molecular weight excluding hydrogens is 274 g/mol. The van der Waals surface area contributed by atoms with Gasteiger partial charge in [0, 0.05) is 32.4 Å². The molecule has 0 radical (unpaired) electrons. The van der Waals surface area contributed by atoms with Crippen LogP contribution in [0, 0.1) is 0 Å². The third-order valence-electron chi connectivity index (χ3n) is 4.31. The van der Waals surface area contributed by atoms with E-state index in [0.29, 0.717) is 18.5 Å². The average Bonchev–Trinajstić information content (AvgIpc) is 2.98. The van der Waals surface area contributed by atoms with Crippen molar-refractivity contribution in [1.29, 1.82) is 0 Å². The van der Waals surface area contributed by atoms with Gasteiger partial charge in [0.05, 0.1) is 6.54 Å². The molecule has 1 aromatic carbocycles. The minimum atomic E-state index is 0.541. The first-order chi connectivity index (χ1) is 10.6. The first-order valence-electron chi connectivity index (χ1n) is 8.14. The Morgan fingerprint density at radius 1 is 1.36 bits per heavy atom. The number of nitrogens with zero attached hydrogens (tertiary/aromatic N) is 3. The van der Waals surface area contributed by atoms with Gasteiger partial charge >= 0.3 is 0 Å². The lowest BCUT2D eigenvalue weighted by atomic mass is 10.2. The second kappa shape index (κ2) is 8.03. The monoisotopic (exact) mass is 303 g/mol. The van der Waals surface area contributed by atoms with Crippen molar-refractivity contribution in [3.05, 3.63) is 29.8 Å². The Labute approximate surface area is 134 Å². The zero-order valence-electron chi connectivity index (χ0n) is 14.0. The van der Waals surface area contributed by atoms with Crippen LogP contribution >= 0.6 is 0 Å². The number of nitrogens with one attached hydrogen (secondary N) is 1. The molecule has 1 aromatic rings. The van der Waals surface area contributed by atoms with E-state index in [4.69, 9.17) is 5.73 Å². The predicted octanol–water partition coefficient (Wildman–Crippen LogP) is 1.64. The zero-order valence-corrected chi connectivity index (χ0v) is 14.0. The quantitative estimate of drug-likeness (QED) is 0.620. The first-order valence-corrected chi connectivity index (χ1v) is 8.14. The fourth-order valence-corrected chi connectivity index (χ4v) is 2.90. The Bertz CT molecular complexity index is 480. The van der Waals surface area contributed by atoms with Gasteiger partial charge in [0.15, 0.2) is 5.96 Å². The van der Waals surface area contributed by atoms with E-state index in [9.17, 15) is 0 Å². The number of likely N-dealkylation sites (tertiary alicyclic amines) is 1. The smallest absolute Gasteiger partial charge is 0.188 e. The molecule has 1 unspecified atom stereocenters. The van der Waals surface area contributed by atoms with Crippen LogP contribution in [0.4, 0.5) is 5.69 Å². The number of benzene rings is 1. The van der Waals surface area contributed by atoms with Crippen molar-refractivity contribution in [2.45, 2.75) is 32.4 Å². The number of hydrogen-bond acceptors (Lipinski definition) is 3. The van der Waals surface area contributed by atoms with Gasteiger partial charge in [-0.05, 0) is 43.6 Å². The van der Waals surface area contributed by atoms with Crippen molar-refractivity contribution in [3.63, 3.8) is 0 Å². The van der Waals surface area contributed by atoms with Gasteiger partial charge in [-0.2, -0.15) is 0 Å². The summed E-state index contributed by atoms with van der Waals surface area (Å²) >= 11 is 0. The summed E-state index contributed by atoms with van der Waals surface area (Å²) in [5, 5.41) is 3.27. The van der Waals surface area contributed by atoms with Crippen LogP contribution in [-0.2, 0) is 6.54 Å². The summed E-state index contributed by atoms with van der Waals surface area (Å²) < 4.78 is 0. The molecule has 1 saturated heterocycles. The topological polar surface area (TPSA) is 56.9 Å². The molecule has 2 rings (SSSR count). The van der Waals surface area contributed by atoms with Crippen molar-refractivity contribution in [1.82, 2.24) is 10.2 Å². The van der Waals surface area contributed by atoms with Crippen LogP contribution in [-0.4, -0.2) is 50.6 Å². The number of nitrogens with two attached hydrogens (primary N) is 1. The van der Waals surface area contributed by atoms with E-state index in [2.05, 4.69) is 51.3 Å². The van der Waals surface area contributed by atoms with E-state index in [0.717, 1.165) is 13.1 Å². The molecule has 0 spiro atoms. The molecule has 1 aliphatic rings. The number of hydrogen-bond donors (Lipinski definition) is 2. The normalized spacial score (nSPS) is 19.4. The van der Waals surface area contributed by atoms with Crippen molar-refractivity contribution in [3.8, 4) is 0 Å². The van der Waals surface area contributed by atoms with Crippen molar-refractivity contribution in [2.75, 3.05) is 38.6 Å². The second-order valence-electron chi connectivity index (χ2n) is 6.07. The highest BCUT2D eigenvalue weighted by Gasteiger charge is 2.22. The van der Waals surface area contributed by atoms with Crippen molar-refractivity contribution >= 4 is 11.6 Å². The fraction of sp³-hybridized carbons (Fsp3) is 0.588. The molecule has 3 N–H and O–H groups in total. The maximum Gasteiger partial charge on any atom is 0.188 e. The summed E-state index contributed by atoms with van der Waals surface area (Å²) in [4.78, 5) is 9.02. The maximum atomic E-state index is 5.98. The lowest BCUT2D eigenvalue weighted by Gasteiger charge is -2.23. The van der Waals surface area contributed by atoms with Gasteiger partial charge < -0.3 is 16.0 Å². The van der Waals surface area contributed by atoms with Gasteiger partial charge in [-0.25, -0.2) is 4.99 Å². The number of rotatable bonds is 6. The summed E-state index contributed by atoms with van der Waals surface area (Å²) in [6.07, 6.45) is 2.54. The highest BCUT2D eigenvalue weighted by atomic mass is 15.2. The molecule has 0 saturated carbocycles. The van der Waals surface area contributed by atoms with Crippen LogP contribution in [0.3, 0.4) is 0 Å². The highest BCUT2D eigenvalue weighted by molar-refractivity contribution is 5.77. The standard InChI is InChI=1S/C17H29N5/c1-4-22-11-5-6-16(22)13-20-17(18)19-12-14-7-9-15(10-8-14)21(2)3/h7-10,16H,4-6,11-13H2,1-3H3,(H3,18,19,20). The van der Waals surface area contributed by atoms with E-state index in [-0.39, 0.29) is 0 Å². The molecule has 122 valence electrons. The van der Waals surface area contributed by atoms with Crippen LogP contribution in [0.25, 0.3) is 0 Å². The number of anilines is 1. The third-order valence-corrected chi connectivity index (χ3v) is 4.31. The van der Waals surface area contributed by atoms with Crippen molar-refractivity contribution < 1.29 is 0 Å². The van der Waals surface area contributed by atoms with Gasteiger partial charge in [-0.15, -0.1) is 0 Å². The molecule has 0 amide bonds.